The Kier molecular flexibility index (Phi) is 4.59. The lowest BCUT2D eigenvalue weighted by Crippen LogP contribution is -2.36. The number of nitrogens with two attached hydrogens (primary N) is 1. The number of hydrogen-bond acceptors (Lipinski definition) is 3. The Balaban J connectivity index is 2.31. The van der Waals surface area contributed by atoms with Gasteiger partial charge < -0.3 is 16.2 Å². The molecule has 0 aliphatic heterocycles. The van der Waals surface area contributed by atoms with Crippen molar-refractivity contribution in [2.75, 3.05) is 13.2 Å². The van der Waals surface area contributed by atoms with Gasteiger partial charge in [0.2, 0.25) is 0 Å². The van der Waals surface area contributed by atoms with Crippen LogP contribution in [-0.2, 0) is 6.54 Å². The molecule has 0 bridgehead atoms. The first-order valence-corrected chi connectivity index (χ1v) is 4.85. The highest BCUT2D eigenvalue weighted by Crippen LogP contribution is 2.02. The molecular formula is C11H18N2O. The van der Waals surface area contributed by atoms with Crippen molar-refractivity contribution in [3.05, 3.63) is 35.4 Å². The van der Waals surface area contributed by atoms with E-state index in [0.717, 1.165) is 6.54 Å². The van der Waals surface area contributed by atoms with Crippen molar-refractivity contribution in [3.63, 3.8) is 0 Å². The maximum atomic E-state index is 8.71. The summed E-state index contributed by atoms with van der Waals surface area (Å²) in [5.41, 5.74) is 8.06. The van der Waals surface area contributed by atoms with Crippen molar-refractivity contribution >= 4 is 0 Å². The molecule has 0 spiro atoms. The molecule has 0 aliphatic carbocycles. The number of nitrogens with one attached hydrogen (secondary N) is 1. The van der Waals surface area contributed by atoms with E-state index in [2.05, 4.69) is 30.4 Å². The van der Waals surface area contributed by atoms with Crippen molar-refractivity contribution in [1.29, 1.82) is 0 Å². The summed E-state index contributed by atoms with van der Waals surface area (Å²) >= 11 is 0. The standard InChI is InChI=1S/C11H18N2O/c1-9-3-2-4-10(5-9)6-13-7-11(12)8-14/h2-5,11,13-14H,6-8,12H2,1H3. The van der Waals surface area contributed by atoms with Crippen LogP contribution in [0.5, 0.6) is 0 Å². The van der Waals surface area contributed by atoms with Gasteiger partial charge >= 0.3 is 0 Å². The lowest BCUT2D eigenvalue weighted by atomic mass is 10.1. The number of aliphatic hydroxyl groups is 1. The van der Waals surface area contributed by atoms with Crippen molar-refractivity contribution in [2.24, 2.45) is 5.73 Å². The smallest absolute Gasteiger partial charge is 0.0594 e. The van der Waals surface area contributed by atoms with Crippen molar-refractivity contribution in [1.82, 2.24) is 5.32 Å². The third kappa shape index (κ3) is 3.87. The highest BCUT2D eigenvalue weighted by molar-refractivity contribution is 5.21. The van der Waals surface area contributed by atoms with Crippen LogP contribution in [0.1, 0.15) is 11.1 Å². The zero-order valence-corrected chi connectivity index (χ0v) is 8.53. The molecule has 1 aromatic carbocycles. The Morgan fingerprint density at radius 3 is 2.93 bits per heavy atom. The highest BCUT2D eigenvalue weighted by Gasteiger charge is 1.98. The van der Waals surface area contributed by atoms with Crippen molar-refractivity contribution < 1.29 is 5.11 Å². The van der Waals surface area contributed by atoms with Gasteiger partial charge in [0.25, 0.3) is 0 Å². The fourth-order valence-electron chi connectivity index (χ4n) is 1.29. The summed E-state index contributed by atoms with van der Waals surface area (Å²) in [6, 6.07) is 8.16. The molecule has 4 N–H and O–H groups in total. The topological polar surface area (TPSA) is 58.3 Å². The third-order valence-corrected chi connectivity index (χ3v) is 2.05. The Labute approximate surface area is 84.9 Å². The Morgan fingerprint density at radius 2 is 2.29 bits per heavy atom. The zero-order valence-electron chi connectivity index (χ0n) is 8.53. The van der Waals surface area contributed by atoms with Gasteiger partial charge in [0.1, 0.15) is 0 Å². The minimum atomic E-state index is -0.167. The van der Waals surface area contributed by atoms with Crippen LogP contribution in [0.25, 0.3) is 0 Å². The molecule has 0 aromatic heterocycles. The van der Waals surface area contributed by atoms with Gasteiger partial charge in [0.05, 0.1) is 6.61 Å². The van der Waals surface area contributed by atoms with Crippen LogP contribution in [0.15, 0.2) is 24.3 Å². The zero-order chi connectivity index (χ0) is 10.4. The molecule has 0 radical (unpaired) electrons. The van der Waals surface area contributed by atoms with E-state index in [1.165, 1.54) is 11.1 Å². The summed E-state index contributed by atoms with van der Waals surface area (Å²) in [4.78, 5) is 0. The number of hydrogen-bond donors (Lipinski definition) is 3. The van der Waals surface area contributed by atoms with Crippen molar-refractivity contribution in [3.8, 4) is 0 Å². The maximum Gasteiger partial charge on any atom is 0.0594 e. The fourth-order valence-corrected chi connectivity index (χ4v) is 1.29. The number of aliphatic hydroxyl groups excluding tert-OH is 1. The van der Waals surface area contributed by atoms with Gasteiger partial charge in [0, 0.05) is 19.1 Å². The van der Waals surface area contributed by atoms with Crippen LogP contribution in [0.2, 0.25) is 0 Å². The molecule has 3 nitrogen and oxygen atoms in total. The van der Waals surface area contributed by atoms with Gasteiger partial charge in [-0.25, -0.2) is 0 Å². The van der Waals surface area contributed by atoms with E-state index in [0.29, 0.717) is 6.54 Å². The van der Waals surface area contributed by atoms with Crippen LogP contribution >= 0.6 is 0 Å². The summed E-state index contributed by atoms with van der Waals surface area (Å²) < 4.78 is 0. The van der Waals surface area contributed by atoms with E-state index in [1.54, 1.807) is 0 Å². The van der Waals surface area contributed by atoms with Crippen LogP contribution in [0.4, 0.5) is 0 Å². The summed E-state index contributed by atoms with van der Waals surface area (Å²) in [6.07, 6.45) is 0. The first-order valence-electron chi connectivity index (χ1n) is 4.85. The molecule has 0 aliphatic rings. The molecular weight excluding hydrogens is 176 g/mol. The van der Waals surface area contributed by atoms with Gasteiger partial charge in [-0.15, -0.1) is 0 Å². The average Bonchev–Trinajstić information content (AvgIpc) is 2.17. The molecule has 0 fully saturated rings. The minimum absolute atomic E-state index is 0.0286. The molecule has 0 amide bonds. The Hall–Kier alpha value is -0.900. The van der Waals surface area contributed by atoms with E-state index in [1.807, 2.05) is 6.07 Å². The Bertz CT molecular complexity index is 276. The predicted octanol–water partition coefficient (Wildman–Crippen LogP) is 0.404. The van der Waals surface area contributed by atoms with Gasteiger partial charge in [-0.1, -0.05) is 29.8 Å². The molecule has 0 saturated carbocycles. The average molecular weight is 194 g/mol. The van der Waals surface area contributed by atoms with Crippen LogP contribution in [-0.4, -0.2) is 24.3 Å². The first kappa shape index (κ1) is 11.2. The second-order valence-electron chi connectivity index (χ2n) is 3.56. The summed E-state index contributed by atoms with van der Waals surface area (Å²) in [6.45, 7) is 3.55. The number of benzene rings is 1. The minimum Gasteiger partial charge on any atom is -0.395 e. The molecule has 1 atom stereocenters. The number of aryl methyl sites for hydroxylation is 1. The van der Waals surface area contributed by atoms with E-state index in [4.69, 9.17) is 10.8 Å². The molecule has 1 unspecified atom stereocenters. The SMILES string of the molecule is Cc1cccc(CNCC(N)CO)c1. The predicted molar refractivity (Wildman–Crippen MR) is 57.9 cm³/mol. The van der Waals surface area contributed by atoms with Crippen LogP contribution < -0.4 is 11.1 Å². The quantitative estimate of drug-likeness (QED) is 0.636. The van der Waals surface area contributed by atoms with Gasteiger partial charge in [-0.3, -0.25) is 0 Å². The molecule has 1 aromatic rings. The summed E-state index contributed by atoms with van der Waals surface area (Å²) in [5, 5.41) is 11.9. The lowest BCUT2D eigenvalue weighted by molar-refractivity contribution is 0.262. The molecule has 0 saturated heterocycles. The maximum absolute atomic E-state index is 8.71. The summed E-state index contributed by atoms with van der Waals surface area (Å²) in [5.74, 6) is 0. The van der Waals surface area contributed by atoms with Gasteiger partial charge in [-0.05, 0) is 12.5 Å². The summed E-state index contributed by atoms with van der Waals surface area (Å²) in [7, 11) is 0. The molecule has 3 heteroatoms. The molecule has 1 rings (SSSR count). The fraction of sp³-hybridized carbons (Fsp3) is 0.455. The van der Waals surface area contributed by atoms with Gasteiger partial charge in [-0.2, -0.15) is 0 Å². The third-order valence-electron chi connectivity index (χ3n) is 2.05. The largest absolute Gasteiger partial charge is 0.395 e. The van der Waals surface area contributed by atoms with Crippen LogP contribution in [0.3, 0.4) is 0 Å². The Morgan fingerprint density at radius 1 is 1.50 bits per heavy atom. The van der Waals surface area contributed by atoms with E-state index in [-0.39, 0.29) is 12.6 Å². The first-order chi connectivity index (χ1) is 6.72. The molecule has 14 heavy (non-hydrogen) atoms. The van der Waals surface area contributed by atoms with Crippen LogP contribution in [0, 0.1) is 6.92 Å². The normalized spacial score (nSPS) is 12.8. The monoisotopic (exact) mass is 194 g/mol. The molecule has 0 heterocycles. The highest BCUT2D eigenvalue weighted by atomic mass is 16.3. The second kappa shape index (κ2) is 5.75. The second-order valence-corrected chi connectivity index (χ2v) is 3.56. The lowest BCUT2D eigenvalue weighted by Gasteiger charge is -2.09. The van der Waals surface area contributed by atoms with E-state index in [9.17, 15) is 0 Å². The van der Waals surface area contributed by atoms with E-state index < -0.39 is 0 Å². The molecule has 78 valence electrons. The van der Waals surface area contributed by atoms with Gasteiger partial charge in [0.15, 0.2) is 0 Å². The van der Waals surface area contributed by atoms with E-state index >= 15 is 0 Å². The van der Waals surface area contributed by atoms with Crippen molar-refractivity contribution in [2.45, 2.75) is 19.5 Å². The number of rotatable bonds is 5.